The summed E-state index contributed by atoms with van der Waals surface area (Å²) in [5.74, 6) is 0.246. The molecular weight excluding hydrogens is 392 g/mol. The third kappa shape index (κ3) is 3.31. The van der Waals surface area contributed by atoms with E-state index in [-0.39, 0.29) is 24.5 Å². The molecule has 1 unspecified atom stereocenters. The van der Waals surface area contributed by atoms with Crippen molar-refractivity contribution >= 4 is 25.7 Å². The van der Waals surface area contributed by atoms with Crippen molar-refractivity contribution < 1.29 is 27.4 Å². The summed E-state index contributed by atoms with van der Waals surface area (Å²) in [6, 6.07) is 0. The van der Waals surface area contributed by atoms with E-state index in [1.165, 1.54) is 17.8 Å². The Morgan fingerprint density at radius 1 is 1.46 bits per heavy atom. The second kappa shape index (κ2) is 7.31. The fraction of sp³-hybridized carbons (Fsp3) is 0.688. The van der Waals surface area contributed by atoms with Gasteiger partial charge in [-0.1, -0.05) is 0 Å². The number of halogens is 1. The highest BCUT2D eigenvalue weighted by Crippen LogP contribution is 2.55. The maximum Gasteiger partial charge on any atom is 0.333 e. The molecule has 12 heteroatoms. The largest absolute Gasteiger partial charge is 0.476 e. The molecule has 28 heavy (non-hydrogen) atoms. The average molecular weight is 415 g/mol. The van der Waals surface area contributed by atoms with Crippen molar-refractivity contribution in [2.24, 2.45) is 0 Å². The minimum Gasteiger partial charge on any atom is -0.476 e. The van der Waals surface area contributed by atoms with Crippen molar-refractivity contribution in [2.45, 2.75) is 57.9 Å². The molecule has 4 rings (SSSR count). The number of aromatic nitrogens is 4. The topological polar surface area (TPSA) is 116 Å². The maximum atomic E-state index is 15.9. The SMILES string of the molecule is CCOc1nc(N)nc2c1ncn2[C@@H]1O[C@@H]2COP(OC(C)C)O[C@H]2[C@@]1(C)F. The summed E-state index contributed by atoms with van der Waals surface area (Å²) >= 11 is 0. The zero-order chi connectivity index (χ0) is 20.1. The van der Waals surface area contributed by atoms with Gasteiger partial charge in [0.2, 0.25) is 11.8 Å². The zero-order valence-electron chi connectivity index (χ0n) is 16.0. The molecular formula is C16H23FN5O5P. The van der Waals surface area contributed by atoms with E-state index < -0.39 is 32.7 Å². The Bertz CT molecular complexity index is 865. The maximum absolute atomic E-state index is 15.9. The van der Waals surface area contributed by atoms with Crippen LogP contribution in [0.25, 0.3) is 11.2 Å². The predicted molar refractivity (Wildman–Crippen MR) is 98.3 cm³/mol. The van der Waals surface area contributed by atoms with Crippen LogP contribution < -0.4 is 10.5 Å². The first-order valence-electron chi connectivity index (χ1n) is 9.05. The minimum absolute atomic E-state index is 0.00196. The van der Waals surface area contributed by atoms with E-state index in [1.54, 1.807) is 0 Å². The van der Waals surface area contributed by atoms with Crippen LogP contribution in [-0.4, -0.2) is 56.7 Å². The number of nitrogens with two attached hydrogens (primary N) is 1. The summed E-state index contributed by atoms with van der Waals surface area (Å²) < 4.78 is 45.7. The summed E-state index contributed by atoms with van der Waals surface area (Å²) in [5.41, 5.74) is 4.62. The molecule has 0 radical (unpaired) electrons. The minimum atomic E-state index is -1.88. The van der Waals surface area contributed by atoms with Crippen molar-refractivity contribution in [3.63, 3.8) is 0 Å². The lowest BCUT2D eigenvalue weighted by atomic mass is 9.98. The Labute approximate surface area is 162 Å². The van der Waals surface area contributed by atoms with Gasteiger partial charge < -0.3 is 28.8 Å². The van der Waals surface area contributed by atoms with Gasteiger partial charge in [-0.25, -0.2) is 9.37 Å². The molecule has 0 bridgehead atoms. The van der Waals surface area contributed by atoms with Crippen LogP contribution in [0, 0.1) is 0 Å². The highest BCUT2D eigenvalue weighted by Gasteiger charge is 2.59. The van der Waals surface area contributed by atoms with Gasteiger partial charge in [-0.05, 0) is 27.7 Å². The Hall–Kier alpha value is -1.65. The Morgan fingerprint density at radius 2 is 2.25 bits per heavy atom. The standard InChI is InChI=1S/C16H23FN5O5P/c1-5-23-13-10-12(20-15(18)21-13)22(7-19-10)14-16(4,17)11-9(25-14)6-24-28(27-11)26-8(2)3/h7-9,11,14H,5-6H2,1-4H3,(H2,18,20,21)/t9-,11-,14-,16-,28?/m1/s1. The zero-order valence-corrected chi connectivity index (χ0v) is 16.9. The van der Waals surface area contributed by atoms with E-state index in [9.17, 15) is 0 Å². The Kier molecular flexibility index (Phi) is 5.13. The first kappa shape index (κ1) is 19.7. The molecule has 2 fully saturated rings. The number of ether oxygens (including phenoxy) is 2. The number of imidazole rings is 1. The molecule has 2 aromatic rings. The quantitative estimate of drug-likeness (QED) is 0.735. The number of hydrogen-bond acceptors (Lipinski definition) is 9. The first-order valence-corrected chi connectivity index (χ1v) is 10.1. The molecule has 154 valence electrons. The van der Waals surface area contributed by atoms with Crippen molar-refractivity contribution in [1.29, 1.82) is 0 Å². The highest BCUT2D eigenvalue weighted by atomic mass is 31.2. The second-order valence-electron chi connectivity index (χ2n) is 7.02. The molecule has 0 spiro atoms. The third-order valence-electron chi connectivity index (χ3n) is 4.46. The first-order chi connectivity index (χ1) is 13.3. The lowest BCUT2D eigenvalue weighted by Gasteiger charge is -2.33. The summed E-state index contributed by atoms with van der Waals surface area (Å²) in [7, 11) is -1.64. The second-order valence-corrected chi connectivity index (χ2v) is 8.15. The van der Waals surface area contributed by atoms with Crippen molar-refractivity contribution in [3.05, 3.63) is 6.33 Å². The number of rotatable bonds is 5. The van der Waals surface area contributed by atoms with Crippen molar-refractivity contribution in [3.8, 4) is 5.88 Å². The van der Waals surface area contributed by atoms with Gasteiger partial charge in [0.25, 0.3) is 0 Å². The lowest BCUT2D eigenvalue weighted by molar-refractivity contribution is -0.0635. The van der Waals surface area contributed by atoms with Gasteiger partial charge in [0.15, 0.2) is 23.1 Å². The summed E-state index contributed by atoms with van der Waals surface area (Å²) in [6.07, 6.45) is -1.12. The van der Waals surface area contributed by atoms with Crippen LogP contribution in [0.2, 0.25) is 0 Å². The molecule has 0 aliphatic carbocycles. The molecule has 2 saturated heterocycles. The van der Waals surface area contributed by atoms with Crippen molar-refractivity contribution in [1.82, 2.24) is 19.5 Å². The molecule has 0 saturated carbocycles. The average Bonchev–Trinajstić information content (AvgIpc) is 3.13. The highest BCUT2D eigenvalue weighted by molar-refractivity contribution is 7.41. The fourth-order valence-electron chi connectivity index (χ4n) is 3.31. The number of nitrogen functional groups attached to an aromatic ring is 1. The van der Waals surface area contributed by atoms with E-state index in [1.807, 2.05) is 20.8 Å². The van der Waals surface area contributed by atoms with Crippen LogP contribution >= 0.6 is 8.60 Å². The molecule has 0 aromatic carbocycles. The normalized spacial score (nSPS) is 32.8. The van der Waals surface area contributed by atoms with Crippen LogP contribution in [0.3, 0.4) is 0 Å². The Balaban J connectivity index is 1.67. The van der Waals surface area contributed by atoms with Crippen LogP contribution in [0.5, 0.6) is 5.88 Å². The lowest BCUT2D eigenvalue weighted by Crippen LogP contribution is -2.44. The van der Waals surface area contributed by atoms with Gasteiger partial charge in [0.1, 0.15) is 12.2 Å². The van der Waals surface area contributed by atoms with E-state index in [0.717, 1.165) is 0 Å². The summed E-state index contributed by atoms with van der Waals surface area (Å²) in [5, 5.41) is 0. The molecule has 2 aromatic heterocycles. The number of alkyl halides is 1. The molecule has 4 heterocycles. The summed E-state index contributed by atoms with van der Waals surface area (Å²) in [6.45, 7) is 7.53. The van der Waals surface area contributed by atoms with Gasteiger partial charge in [0.05, 0.1) is 25.6 Å². The fourth-order valence-corrected chi connectivity index (χ4v) is 4.62. The summed E-state index contributed by atoms with van der Waals surface area (Å²) in [4.78, 5) is 12.5. The van der Waals surface area contributed by atoms with E-state index in [0.29, 0.717) is 17.8 Å². The van der Waals surface area contributed by atoms with Crippen LogP contribution in [0.4, 0.5) is 10.3 Å². The number of anilines is 1. The van der Waals surface area contributed by atoms with Gasteiger partial charge in [0, 0.05) is 0 Å². The van der Waals surface area contributed by atoms with E-state index in [2.05, 4.69) is 15.0 Å². The molecule has 5 atom stereocenters. The molecule has 2 aliphatic rings. The molecule has 0 amide bonds. The Morgan fingerprint density at radius 3 is 2.96 bits per heavy atom. The monoisotopic (exact) mass is 415 g/mol. The smallest absolute Gasteiger partial charge is 0.333 e. The van der Waals surface area contributed by atoms with Gasteiger partial charge >= 0.3 is 8.60 Å². The van der Waals surface area contributed by atoms with Crippen LogP contribution in [0.1, 0.15) is 33.9 Å². The molecule has 10 nitrogen and oxygen atoms in total. The number of hydrogen-bond donors (Lipinski definition) is 1. The van der Waals surface area contributed by atoms with E-state index >= 15 is 4.39 Å². The van der Waals surface area contributed by atoms with Gasteiger partial charge in [-0.2, -0.15) is 9.97 Å². The van der Waals surface area contributed by atoms with Crippen LogP contribution in [-0.2, 0) is 18.3 Å². The van der Waals surface area contributed by atoms with Crippen LogP contribution in [0.15, 0.2) is 6.33 Å². The van der Waals surface area contributed by atoms with Crippen molar-refractivity contribution in [2.75, 3.05) is 18.9 Å². The predicted octanol–water partition coefficient (Wildman–Crippen LogP) is 2.50. The van der Waals surface area contributed by atoms with Gasteiger partial charge in [-0.3, -0.25) is 4.57 Å². The van der Waals surface area contributed by atoms with E-state index in [4.69, 9.17) is 28.8 Å². The number of nitrogens with zero attached hydrogens (tertiary/aromatic N) is 4. The third-order valence-corrected chi connectivity index (χ3v) is 5.81. The molecule has 2 aliphatic heterocycles. The van der Waals surface area contributed by atoms with Gasteiger partial charge in [-0.15, -0.1) is 0 Å². The number of fused-ring (bicyclic) bond motifs is 2. The molecule has 2 N–H and O–H groups in total.